The molecule has 4 heteroatoms. The predicted molar refractivity (Wildman–Crippen MR) is 131 cm³/mol. The van der Waals surface area contributed by atoms with Gasteiger partial charge in [0.1, 0.15) is 6.17 Å². The van der Waals surface area contributed by atoms with Crippen LogP contribution in [0.3, 0.4) is 0 Å². The Morgan fingerprint density at radius 3 is 2.41 bits per heavy atom. The molecule has 1 aliphatic rings. The first-order chi connectivity index (χ1) is 15.5. The highest BCUT2D eigenvalue weighted by atomic mass is 16.5. The number of para-hydroxylation sites is 1. The minimum atomic E-state index is -0.178. The second kappa shape index (κ2) is 9.49. The van der Waals surface area contributed by atoms with Crippen LogP contribution in [0.4, 0.5) is 0 Å². The summed E-state index contributed by atoms with van der Waals surface area (Å²) in [5.74, 6) is 0.695. The lowest BCUT2D eigenvalue weighted by Gasteiger charge is -2.34. The summed E-state index contributed by atoms with van der Waals surface area (Å²) >= 11 is 0. The zero-order valence-corrected chi connectivity index (χ0v) is 19.3. The molecule has 0 amide bonds. The van der Waals surface area contributed by atoms with Crippen LogP contribution in [0.5, 0.6) is 11.5 Å². The molecule has 0 aliphatic carbocycles. The van der Waals surface area contributed by atoms with E-state index in [0.29, 0.717) is 12.4 Å². The topological polar surface area (TPSA) is 53.5 Å². The maximum absolute atomic E-state index is 10.9. The number of benzene rings is 3. The van der Waals surface area contributed by atoms with Crippen molar-refractivity contribution in [1.82, 2.24) is 10.6 Å². The highest BCUT2D eigenvalue weighted by Crippen LogP contribution is 2.38. The Morgan fingerprint density at radius 2 is 1.72 bits per heavy atom. The molecule has 4 rings (SSSR count). The molecule has 32 heavy (non-hydrogen) atoms. The van der Waals surface area contributed by atoms with Crippen LogP contribution in [-0.4, -0.2) is 11.7 Å². The molecule has 0 fully saturated rings. The fraction of sp³-hybridized carbons (Fsp3) is 0.286. The molecule has 0 saturated heterocycles. The lowest BCUT2D eigenvalue weighted by atomic mass is 9.95. The molecule has 0 spiro atoms. The van der Waals surface area contributed by atoms with Gasteiger partial charge in [0, 0.05) is 11.3 Å². The summed E-state index contributed by atoms with van der Waals surface area (Å²) in [4.78, 5) is 0. The van der Waals surface area contributed by atoms with E-state index in [0.717, 1.165) is 23.2 Å². The Kier molecular flexibility index (Phi) is 6.52. The number of nitrogens with one attached hydrogen (secondary N) is 2. The molecule has 166 valence electrons. The van der Waals surface area contributed by atoms with Crippen molar-refractivity contribution in [2.24, 2.45) is 0 Å². The van der Waals surface area contributed by atoms with Crippen LogP contribution < -0.4 is 15.4 Å². The first-order valence-corrected chi connectivity index (χ1v) is 11.4. The molecule has 1 heterocycles. The summed E-state index contributed by atoms with van der Waals surface area (Å²) in [6, 6.07) is 20.7. The fourth-order valence-corrected chi connectivity index (χ4v) is 4.30. The second-order valence-electron chi connectivity index (χ2n) is 8.34. The molecule has 0 saturated carbocycles. The summed E-state index contributed by atoms with van der Waals surface area (Å²) in [6.07, 6.45) is 3.06. The zero-order chi connectivity index (χ0) is 22.7. The van der Waals surface area contributed by atoms with Gasteiger partial charge in [0.25, 0.3) is 0 Å². The number of hydrogen-bond acceptors (Lipinski definition) is 4. The lowest BCUT2D eigenvalue weighted by Crippen LogP contribution is -2.40. The quantitative estimate of drug-likeness (QED) is 0.454. The van der Waals surface area contributed by atoms with E-state index >= 15 is 0 Å². The number of hydrogen-bond donors (Lipinski definition) is 3. The number of aryl methyl sites for hydroxylation is 3. The van der Waals surface area contributed by atoms with Crippen molar-refractivity contribution in [3.8, 4) is 11.5 Å². The highest BCUT2D eigenvalue weighted by Gasteiger charge is 2.27. The number of aromatic hydroxyl groups is 1. The Balaban J connectivity index is 1.77. The Morgan fingerprint density at radius 1 is 0.938 bits per heavy atom. The van der Waals surface area contributed by atoms with Crippen molar-refractivity contribution in [2.75, 3.05) is 6.61 Å². The van der Waals surface area contributed by atoms with Crippen molar-refractivity contribution in [1.29, 1.82) is 0 Å². The van der Waals surface area contributed by atoms with Crippen LogP contribution in [0.15, 0.2) is 66.7 Å². The molecule has 3 N–H and O–H groups in total. The van der Waals surface area contributed by atoms with Gasteiger partial charge < -0.3 is 15.2 Å². The van der Waals surface area contributed by atoms with Crippen molar-refractivity contribution >= 4 is 5.70 Å². The Bertz CT molecular complexity index is 1120. The van der Waals surface area contributed by atoms with E-state index < -0.39 is 0 Å². The summed E-state index contributed by atoms with van der Waals surface area (Å²) in [6.45, 7) is 8.84. The fourth-order valence-electron chi connectivity index (χ4n) is 4.30. The van der Waals surface area contributed by atoms with Gasteiger partial charge >= 0.3 is 0 Å². The van der Waals surface area contributed by atoms with Crippen molar-refractivity contribution in [3.05, 3.63) is 100 Å². The minimum Gasteiger partial charge on any atom is -0.504 e. The zero-order valence-electron chi connectivity index (χ0n) is 19.3. The van der Waals surface area contributed by atoms with Crippen molar-refractivity contribution < 1.29 is 9.84 Å². The lowest BCUT2D eigenvalue weighted by molar-refractivity contribution is 0.314. The molecular weight excluding hydrogens is 396 g/mol. The van der Waals surface area contributed by atoms with Gasteiger partial charge in [0.05, 0.1) is 12.6 Å². The molecule has 0 aromatic heterocycles. The van der Waals surface area contributed by atoms with Gasteiger partial charge in [-0.15, -0.1) is 0 Å². The molecule has 1 aliphatic heterocycles. The van der Waals surface area contributed by atoms with Gasteiger partial charge in [-0.3, -0.25) is 5.32 Å². The van der Waals surface area contributed by atoms with Gasteiger partial charge in [-0.1, -0.05) is 67.1 Å². The summed E-state index contributed by atoms with van der Waals surface area (Å²) < 4.78 is 5.63. The monoisotopic (exact) mass is 428 g/mol. The normalized spacial score (nSPS) is 18.1. The van der Waals surface area contributed by atoms with E-state index in [1.165, 1.54) is 22.3 Å². The number of phenolic OH excluding ortho intramolecular Hbond substituents is 1. The first-order valence-electron chi connectivity index (χ1n) is 11.4. The Labute approximate surface area is 191 Å². The first kappa shape index (κ1) is 22.0. The van der Waals surface area contributed by atoms with E-state index in [9.17, 15) is 5.11 Å². The van der Waals surface area contributed by atoms with Crippen molar-refractivity contribution in [2.45, 2.75) is 46.3 Å². The predicted octanol–water partition coefficient (Wildman–Crippen LogP) is 5.94. The van der Waals surface area contributed by atoms with Gasteiger partial charge in [-0.25, -0.2) is 0 Å². The summed E-state index contributed by atoms with van der Waals surface area (Å²) in [5.41, 5.74) is 7.95. The largest absolute Gasteiger partial charge is 0.504 e. The maximum Gasteiger partial charge on any atom is 0.162 e. The third-order valence-electron chi connectivity index (χ3n) is 6.05. The average Bonchev–Trinajstić information content (AvgIpc) is 2.80. The van der Waals surface area contributed by atoms with Crippen LogP contribution in [-0.2, 0) is 6.42 Å². The van der Waals surface area contributed by atoms with E-state index in [2.05, 4.69) is 79.9 Å². The third kappa shape index (κ3) is 4.51. The van der Waals surface area contributed by atoms with Gasteiger partial charge in [0.2, 0.25) is 0 Å². The average molecular weight is 429 g/mol. The van der Waals surface area contributed by atoms with Crippen LogP contribution in [0, 0.1) is 13.8 Å². The summed E-state index contributed by atoms with van der Waals surface area (Å²) in [7, 11) is 0. The van der Waals surface area contributed by atoms with E-state index in [1.807, 2.05) is 19.1 Å². The van der Waals surface area contributed by atoms with Gasteiger partial charge in [-0.05, 0) is 61.6 Å². The van der Waals surface area contributed by atoms with E-state index in [-0.39, 0.29) is 18.0 Å². The summed E-state index contributed by atoms with van der Waals surface area (Å²) in [5, 5.41) is 18.3. The van der Waals surface area contributed by atoms with Crippen LogP contribution >= 0.6 is 0 Å². The molecule has 3 aromatic carbocycles. The highest BCUT2D eigenvalue weighted by molar-refractivity contribution is 5.67. The maximum atomic E-state index is 10.9. The van der Waals surface area contributed by atoms with Crippen LogP contribution in [0.1, 0.15) is 59.4 Å². The number of phenols is 1. The van der Waals surface area contributed by atoms with Crippen molar-refractivity contribution in [3.63, 3.8) is 0 Å². The van der Waals surface area contributed by atoms with Crippen LogP contribution in [0.2, 0.25) is 0 Å². The molecule has 0 radical (unpaired) electrons. The number of rotatable bonds is 6. The van der Waals surface area contributed by atoms with E-state index in [4.69, 9.17) is 4.74 Å². The van der Waals surface area contributed by atoms with Gasteiger partial charge in [-0.2, -0.15) is 0 Å². The second-order valence-corrected chi connectivity index (χ2v) is 8.34. The Hall–Kier alpha value is -3.24. The standard InChI is InChI=1S/C28H32N2O2/c1-5-20-11-13-21(14-12-20)24-17-25(23-8-7-9-26(27(23)31)32-6-2)30-28(29-24)22-15-10-18(3)16-19(22)4/h7-17,25,28-31H,5-6H2,1-4H3. The molecule has 3 aromatic rings. The SMILES string of the molecule is CCOc1cccc(C2C=C(c3ccc(CC)cc3)NC(c3ccc(C)cc3C)N2)c1O. The van der Waals surface area contributed by atoms with Crippen LogP contribution in [0.25, 0.3) is 5.70 Å². The molecule has 4 nitrogen and oxygen atoms in total. The molecule has 0 bridgehead atoms. The molecule has 2 unspecified atom stereocenters. The van der Waals surface area contributed by atoms with Gasteiger partial charge in [0.15, 0.2) is 11.5 Å². The molecule has 2 atom stereocenters. The number of ether oxygens (including phenoxy) is 1. The molecular formula is C28H32N2O2. The third-order valence-corrected chi connectivity index (χ3v) is 6.05. The van der Waals surface area contributed by atoms with E-state index in [1.54, 1.807) is 6.07 Å². The smallest absolute Gasteiger partial charge is 0.162 e. The minimum absolute atomic E-state index is 0.0957.